The molecule has 2 aliphatic rings. The van der Waals surface area contributed by atoms with E-state index in [4.69, 9.17) is 14.2 Å². The third kappa shape index (κ3) is 4.66. The highest BCUT2D eigenvalue weighted by atomic mass is 32.1. The molecule has 1 atom stereocenters. The molecule has 0 spiro atoms. The number of benzene rings is 1. The minimum atomic E-state index is 0.0865. The Morgan fingerprint density at radius 2 is 2.14 bits per heavy atom. The molecule has 7 heteroatoms. The fraction of sp³-hybridized carbons (Fsp3) is 0.476. The molecule has 0 aliphatic carbocycles. The second kappa shape index (κ2) is 8.94. The van der Waals surface area contributed by atoms with Crippen LogP contribution in [0.5, 0.6) is 11.5 Å². The molecule has 0 bridgehead atoms. The number of nitrogens with one attached hydrogen (secondary N) is 1. The van der Waals surface area contributed by atoms with Crippen molar-refractivity contribution in [3.05, 3.63) is 45.6 Å². The fourth-order valence-corrected chi connectivity index (χ4v) is 4.41. The minimum absolute atomic E-state index is 0.0865. The first-order chi connectivity index (χ1) is 13.7. The van der Waals surface area contributed by atoms with Crippen molar-refractivity contribution in [2.45, 2.75) is 39.0 Å². The van der Waals surface area contributed by atoms with Gasteiger partial charge >= 0.3 is 0 Å². The molecule has 2 aromatic rings. The molecule has 1 aromatic carbocycles. The zero-order valence-corrected chi connectivity index (χ0v) is 16.9. The van der Waals surface area contributed by atoms with Crippen molar-refractivity contribution in [3.8, 4) is 11.5 Å². The lowest BCUT2D eigenvalue weighted by molar-refractivity contribution is -0.131. The Morgan fingerprint density at radius 1 is 1.25 bits per heavy atom. The lowest BCUT2D eigenvalue weighted by atomic mass is 10.1. The van der Waals surface area contributed by atoms with Gasteiger partial charge in [-0.3, -0.25) is 4.79 Å². The third-order valence-electron chi connectivity index (χ3n) is 5.14. The van der Waals surface area contributed by atoms with Crippen molar-refractivity contribution in [2.75, 3.05) is 26.5 Å². The van der Waals surface area contributed by atoms with Crippen LogP contribution in [0.3, 0.4) is 0 Å². The summed E-state index contributed by atoms with van der Waals surface area (Å²) >= 11 is 1.69. The van der Waals surface area contributed by atoms with Crippen molar-refractivity contribution >= 4 is 17.2 Å². The number of rotatable bonds is 8. The summed E-state index contributed by atoms with van der Waals surface area (Å²) in [6.07, 6.45) is 2.40. The molecular formula is C21H26N2O4S. The molecule has 28 heavy (non-hydrogen) atoms. The second-order valence-corrected chi connectivity index (χ2v) is 8.23. The number of carbonyl (C=O) groups is 1. The number of aryl methyl sites for hydroxylation is 1. The molecule has 0 radical (unpaired) electrons. The SMILES string of the molecule is Cc1ccsc1CN(Cc1ccc2c(c1)OCO2)C(=O)CNCC1CCCO1. The van der Waals surface area contributed by atoms with Gasteiger partial charge in [0.1, 0.15) is 0 Å². The molecule has 1 N–H and O–H groups in total. The Bertz CT molecular complexity index is 816. The van der Waals surface area contributed by atoms with Crippen LogP contribution < -0.4 is 14.8 Å². The molecular weight excluding hydrogens is 376 g/mol. The van der Waals surface area contributed by atoms with Crippen molar-refractivity contribution in [1.29, 1.82) is 0 Å². The van der Waals surface area contributed by atoms with Gasteiger partial charge in [-0.25, -0.2) is 0 Å². The molecule has 4 rings (SSSR count). The Kier molecular flexibility index (Phi) is 6.14. The van der Waals surface area contributed by atoms with E-state index in [2.05, 4.69) is 23.7 Å². The van der Waals surface area contributed by atoms with Crippen LogP contribution in [0.2, 0.25) is 0 Å². The van der Waals surface area contributed by atoms with Crippen molar-refractivity contribution in [2.24, 2.45) is 0 Å². The van der Waals surface area contributed by atoms with E-state index in [0.717, 1.165) is 43.1 Å². The molecule has 150 valence electrons. The van der Waals surface area contributed by atoms with Gasteiger partial charge in [-0.2, -0.15) is 0 Å². The first kappa shape index (κ1) is 19.2. The van der Waals surface area contributed by atoms with Crippen LogP contribution in [0.15, 0.2) is 29.6 Å². The first-order valence-corrected chi connectivity index (χ1v) is 10.6. The van der Waals surface area contributed by atoms with E-state index >= 15 is 0 Å². The number of thiophene rings is 1. The predicted molar refractivity (Wildman–Crippen MR) is 108 cm³/mol. The lowest BCUT2D eigenvalue weighted by Crippen LogP contribution is -2.39. The van der Waals surface area contributed by atoms with E-state index < -0.39 is 0 Å². The van der Waals surface area contributed by atoms with E-state index in [1.165, 1.54) is 10.4 Å². The molecule has 3 heterocycles. The lowest BCUT2D eigenvalue weighted by Gasteiger charge is -2.23. The monoisotopic (exact) mass is 402 g/mol. The minimum Gasteiger partial charge on any atom is -0.454 e. The zero-order valence-electron chi connectivity index (χ0n) is 16.1. The van der Waals surface area contributed by atoms with Gasteiger partial charge in [0.15, 0.2) is 11.5 Å². The van der Waals surface area contributed by atoms with E-state index in [1.54, 1.807) is 11.3 Å². The number of fused-ring (bicyclic) bond motifs is 1. The number of hydrogen-bond acceptors (Lipinski definition) is 6. The van der Waals surface area contributed by atoms with Crippen molar-refractivity contribution in [1.82, 2.24) is 10.2 Å². The van der Waals surface area contributed by atoms with E-state index in [1.807, 2.05) is 23.1 Å². The molecule has 1 fully saturated rings. The molecule has 2 aliphatic heterocycles. The third-order valence-corrected chi connectivity index (χ3v) is 6.15. The average molecular weight is 403 g/mol. The van der Waals surface area contributed by atoms with Gasteiger partial charge in [0.05, 0.1) is 19.2 Å². The maximum absolute atomic E-state index is 13.0. The maximum atomic E-state index is 13.0. The smallest absolute Gasteiger partial charge is 0.237 e. The maximum Gasteiger partial charge on any atom is 0.237 e. The summed E-state index contributed by atoms with van der Waals surface area (Å²) in [5, 5.41) is 5.34. The Balaban J connectivity index is 1.41. The van der Waals surface area contributed by atoms with Gasteiger partial charge in [0.2, 0.25) is 12.7 Å². The van der Waals surface area contributed by atoms with Gasteiger partial charge in [-0.1, -0.05) is 6.07 Å². The number of ether oxygens (including phenoxy) is 3. The highest BCUT2D eigenvalue weighted by Crippen LogP contribution is 2.33. The molecule has 1 unspecified atom stereocenters. The first-order valence-electron chi connectivity index (χ1n) is 9.70. The van der Waals surface area contributed by atoms with Gasteiger partial charge < -0.3 is 24.4 Å². The summed E-state index contributed by atoms with van der Waals surface area (Å²) in [5.41, 5.74) is 2.26. The topological polar surface area (TPSA) is 60.0 Å². The van der Waals surface area contributed by atoms with E-state index in [0.29, 0.717) is 19.6 Å². The van der Waals surface area contributed by atoms with Crippen molar-refractivity contribution in [3.63, 3.8) is 0 Å². The van der Waals surface area contributed by atoms with Crippen LogP contribution in [0.1, 0.15) is 28.8 Å². The van der Waals surface area contributed by atoms with E-state index in [9.17, 15) is 4.79 Å². The molecule has 1 saturated heterocycles. The summed E-state index contributed by atoms with van der Waals surface area (Å²) in [5.74, 6) is 1.59. The second-order valence-electron chi connectivity index (χ2n) is 7.23. The number of amides is 1. The molecule has 1 aromatic heterocycles. The van der Waals surface area contributed by atoms with Gasteiger partial charge in [-0.15, -0.1) is 11.3 Å². The Morgan fingerprint density at radius 3 is 2.93 bits per heavy atom. The Labute approximate surface area is 169 Å². The van der Waals surface area contributed by atoms with E-state index in [-0.39, 0.29) is 18.8 Å². The standard InChI is InChI=1S/C21H26N2O4S/c1-15-6-8-28-20(15)13-23(21(24)11-22-10-17-3-2-7-25-17)12-16-4-5-18-19(9-16)27-14-26-18/h4-6,8-9,17,22H,2-3,7,10-14H2,1H3. The average Bonchev–Trinajstić information content (AvgIpc) is 3.43. The predicted octanol–water partition coefficient (Wildman–Crippen LogP) is 3.08. The zero-order chi connectivity index (χ0) is 19.3. The van der Waals surface area contributed by atoms with Crippen LogP contribution in [-0.4, -0.2) is 43.4 Å². The number of nitrogens with zero attached hydrogens (tertiary/aromatic N) is 1. The summed E-state index contributed by atoms with van der Waals surface area (Å²) in [6.45, 7) is 5.35. The summed E-state index contributed by atoms with van der Waals surface area (Å²) < 4.78 is 16.5. The van der Waals surface area contributed by atoms with Crippen LogP contribution in [0, 0.1) is 6.92 Å². The largest absolute Gasteiger partial charge is 0.454 e. The summed E-state index contributed by atoms with van der Waals surface area (Å²) in [6, 6.07) is 7.96. The van der Waals surface area contributed by atoms with Crippen LogP contribution in [-0.2, 0) is 22.6 Å². The Hall–Kier alpha value is -2.09. The number of carbonyl (C=O) groups excluding carboxylic acids is 1. The molecule has 0 saturated carbocycles. The highest BCUT2D eigenvalue weighted by Gasteiger charge is 2.20. The molecule has 6 nitrogen and oxygen atoms in total. The fourth-order valence-electron chi connectivity index (χ4n) is 3.49. The highest BCUT2D eigenvalue weighted by molar-refractivity contribution is 7.10. The van der Waals surface area contributed by atoms with Crippen LogP contribution in [0.4, 0.5) is 0 Å². The normalized spacial score (nSPS) is 17.8. The van der Waals surface area contributed by atoms with Gasteiger partial charge in [0, 0.05) is 24.6 Å². The molecule has 1 amide bonds. The van der Waals surface area contributed by atoms with Gasteiger partial charge in [-0.05, 0) is 54.5 Å². The van der Waals surface area contributed by atoms with Gasteiger partial charge in [0.25, 0.3) is 0 Å². The van der Waals surface area contributed by atoms with Crippen LogP contribution in [0.25, 0.3) is 0 Å². The summed E-state index contributed by atoms with van der Waals surface area (Å²) in [4.78, 5) is 16.1. The number of hydrogen-bond donors (Lipinski definition) is 1. The van der Waals surface area contributed by atoms with Crippen LogP contribution >= 0.6 is 11.3 Å². The van der Waals surface area contributed by atoms with Crippen molar-refractivity contribution < 1.29 is 19.0 Å². The quantitative estimate of drug-likeness (QED) is 0.735. The summed E-state index contributed by atoms with van der Waals surface area (Å²) in [7, 11) is 0.